The number of methoxy groups -OCH3 is 1. The minimum absolute atomic E-state index is 0.00679. The Kier molecular flexibility index (Phi) is 6.12. The topological polar surface area (TPSA) is 58.6 Å². The Morgan fingerprint density at radius 1 is 1.11 bits per heavy atom. The molecule has 0 atom stereocenters. The molecular formula is C22H26N2O3. The van der Waals surface area contributed by atoms with Gasteiger partial charge in [-0.2, -0.15) is 0 Å². The lowest BCUT2D eigenvalue weighted by atomic mass is 9.95. The number of carbonyl (C=O) groups excluding carboxylic acids is 2. The minimum Gasteiger partial charge on any atom is -0.497 e. The van der Waals surface area contributed by atoms with Crippen molar-refractivity contribution in [2.45, 2.75) is 26.3 Å². The molecule has 0 saturated carbocycles. The SMILES string of the molecule is COc1cccc(C(=O)N2CCC(C(=O)NCc3ccccc3C)CC2)c1. The summed E-state index contributed by atoms with van der Waals surface area (Å²) in [6, 6.07) is 15.2. The van der Waals surface area contributed by atoms with Crippen LogP contribution in [0.25, 0.3) is 0 Å². The molecule has 0 aromatic heterocycles. The summed E-state index contributed by atoms with van der Waals surface area (Å²) in [4.78, 5) is 27.0. The van der Waals surface area contributed by atoms with Crippen LogP contribution in [0.4, 0.5) is 0 Å². The lowest BCUT2D eigenvalue weighted by Crippen LogP contribution is -2.43. The number of benzene rings is 2. The van der Waals surface area contributed by atoms with Gasteiger partial charge in [0.05, 0.1) is 7.11 Å². The number of rotatable bonds is 5. The first kappa shape index (κ1) is 19.0. The summed E-state index contributed by atoms with van der Waals surface area (Å²) in [5, 5.41) is 3.04. The molecule has 0 radical (unpaired) electrons. The molecule has 0 unspecified atom stereocenters. The largest absolute Gasteiger partial charge is 0.497 e. The fourth-order valence-electron chi connectivity index (χ4n) is 3.42. The molecule has 2 amide bonds. The number of hydrogen-bond acceptors (Lipinski definition) is 3. The van der Waals surface area contributed by atoms with Crippen molar-refractivity contribution in [3.8, 4) is 5.75 Å². The molecule has 5 heteroatoms. The molecule has 0 spiro atoms. The van der Waals surface area contributed by atoms with E-state index in [1.165, 1.54) is 5.56 Å². The van der Waals surface area contributed by atoms with Gasteiger partial charge in [-0.3, -0.25) is 9.59 Å². The average Bonchev–Trinajstić information content (AvgIpc) is 2.72. The smallest absolute Gasteiger partial charge is 0.253 e. The highest BCUT2D eigenvalue weighted by atomic mass is 16.5. The van der Waals surface area contributed by atoms with Crippen LogP contribution in [-0.2, 0) is 11.3 Å². The van der Waals surface area contributed by atoms with E-state index in [0.717, 1.165) is 5.56 Å². The Hall–Kier alpha value is -2.82. The van der Waals surface area contributed by atoms with Crippen molar-refractivity contribution >= 4 is 11.8 Å². The molecule has 142 valence electrons. The maximum absolute atomic E-state index is 12.7. The second-order valence-electron chi connectivity index (χ2n) is 6.94. The zero-order chi connectivity index (χ0) is 19.2. The average molecular weight is 366 g/mol. The van der Waals surface area contributed by atoms with Crippen molar-refractivity contribution in [3.05, 3.63) is 65.2 Å². The minimum atomic E-state index is -0.0385. The van der Waals surface area contributed by atoms with E-state index < -0.39 is 0 Å². The quantitative estimate of drug-likeness (QED) is 0.884. The van der Waals surface area contributed by atoms with Crippen molar-refractivity contribution in [1.29, 1.82) is 0 Å². The summed E-state index contributed by atoms with van der Waals surface area (Å²) >= 11 is 0. The Bertz CT molecular complexity index is 811. The molecule has 1 aliphatic rings. The van der Waals surface area contributed by atoms with Crippen LogP contribution in [0.3, 0.4) is 0 Å². The van der Waals surface area contributed by atoms with Crippen LogP contribution in [0.5, 0.6) is 5.75 Å². The molecule has 1 fully saturated rings. The monoisotopic (exact) mass is 366 g/mol. The van der Waals surface area contributed by atoms with Crippen LogP contribution in [0.2, 0.25) is 0 Å². The number of aryl methyl sites for hydroxylation is 1. The molecule has 27 heavy (non-hydrogen) atoms. The Morgan fingerprint density at radius 2 is 1.85 bits per heavy atom. The Balaban J connectivity index is 1.51. The summed E-state index contributed by atoms with van der Waals surface area (Å²) in [5.74, 6) is 0.703. The van der Waals surface area contributed by atoms with E-state index in [9.17, 15) is 9.59 Å². The van der Waals surface area contributed by atoms with E-state index in [4.69, 9.17) is 4.74 Å². The third-order valence-corrected chi connectivity index (χ3v) is 5.18. The van der Waals surface area contributed by atoms with Crippen molar-refractivity contribution in [1.82, 2.24) is 10.2 Å². The lowest BCUT2D eigenvalue weighted by Gasteiger charge is -2.31. The first-order valence-corrected chi connectivity index (χ1v) is 9.34. The van der Waals surface area contributed by atoms with E-state index in [2.05, 4.69) is 5.32 Å². The number of amides is 2. The second kappa shape index (κ2) is 8.71. The Morgan fingerprint density at radius 3 is 2.56 bits per heavy atom. The van der Waals surface area contributed by atoms with Gasteiger partial charge in [0.15, 0.2) is 0 Å². The normalized spacial score (nSPS) is 14.7. The van der Waals surface area contributed by atoms with Gasteiger partial charge < -0.3 is 15.0 Å². The summed E-state index contributed by atoms with van der Waals surface area (Å²) in [7, 11) is 1.59. The zero-order valence-electron chi connectivity index (χ0n) is 15.9. The second-order valence-corrected chi connectivity index (χ2v) is 6.94. The number of carbonyl (C=O) groups is 2. The molecule has 0 bridgehead atoms. The van der Waals surface area contributed by atoms with Gasteiger partial charge in [-0.1, -0.05) is 30.3 Å². The van der Waals surface area contributed by atoms with E-state index in [-0.39, 0.29) is 17.7 Å². The van der Waals surface area contributed by atoms with E-state index >= 15 is 0 Å². The van der Waals surface area contributed by atoms with Crippen molar-refractivity contribution < 1.29 is 14.3 Å². The summed E-state index contributed by atoms with van der Waals surface area (Å²) in [6.45, 7) is 3.79. The van der Waals surface area contributed by atoms with Crippen LogP contribution in [-0.4, -0.2) is 36.9 Å². The zero-order valence-corrected chi connectivity index (χ0v) is 15.9. The van der Waals surface area contributed by atoms with Crippen LogP contribution >= 0.6 is 0 Å². The molecule has 1 N–H and O–H groups in total. The van der Waals surface area contributed by atoms with Crippen molar-refractivity contribution in [2.24, 2.45) is 5.92 Å². The van der Waals surface area contributed by atoms with Gasteiger partial charge in [0, 0.05) is 31.1 Å². The van der Waals surface area contributed by atoms with Crippen molar-refractivity contribution in [3.63, 3.8) is 0 Å². The van der Waals surface area contributed by atoms with E-state index in [1.807, 2.05) is 48.2 Å². The highest BCUT2D eigenvalue weighted by Gasteiger charge is 2.27. The van der Waals surface area contributed by atoms with Gasteiger partial charge in [0.1, 0.15) is 5.75 Å². The number of nitrogens with zero attached hydrogens (tertiary/aromatic N) is 1. The van der Waals surface area contributed by atoms with Crippen LogP contribution in [0, 0.1) is 12.8 Å². The molecular weight excluding hydrogens is 340 g/mol. The van der Waals surface area contributed by atoms with Crippen molar-refractivity contribution in [2.75, 3.05) is 20.2 Å². The molecule has 1 aliphatic heterocycles. The van der Waals surface area contributed by atoms with Crippen LogP contribution in [0.1, 0.15) is 34.3 Å². The standard InChI is InChI=1S/C22H26N2O3/c1-16-6-3-4-7-19(16)15-23-21(25)17-10-12-24(13-11-17)22(26)18-8-5-9-20(14-18)27-2/h3-9,14,17H,10-13,15H2,1-2H3,(H,23,25). The number of piperidine rings is 1. The third kappa shape index (κ3) is 4.67. The molecule has 1 saturated heterocycles. The highest BCUT2D eigenvalue weighted by Crippen LogP contribution is 2.21. The summed E-state index contributed by atoms with van der Waals surface area (Å²) in [6.07, 6.45) is 1.38. The van der Waals surface area contributed by atoms with Gasteiger partial charge in [0.2, 0.25) is 5.91 Å². The Labute approximate surface area is 160 Å². The fourth-order valence-corrected chi connectivity index (χ4v) is 3.42. The van der Waals surface area contributed by atoms with Crippen LogP contribution < -0.4 is 10.1 Å². The number of nitrogens with one attached hydrogen (secondary N) is 1. The maximum atomic E-state index is 12.7. The number of likely N-dealkylation sites (tertiary alicyclic amines) is 1. The maximum Gasteiger partial charge on any atom is 0.253 e. The predicted octanol–water partition coefficient (Wildman–Crippen LogP) is 3.17. The van der Waals surface area contributed by atoms with Gasteiger partial charge in [0.25, 0.3) is 5.91 Å². The van der Waals surface area contributed by atoms with E-state index in [0.29, 0.717) is 43.8 Å². The highest BCUT2D eigenvalue weighted by molar-refractivity contribution is 5.94. The van der Waals surface area contributed by atoms with Gasteiger partial charge >= 0.3 is 0 Å². The first-order valence-electron chi connectivity index (χ1n) is 9.34. The molecule has 3 rings (SSSR count). The summed E-state index contributed by atoms with van der Waals surface area (Å²) in [5.41, 5.74) is 2.93. The molecule has 2 aromatic carbocycles. The summed E-state index contributed by atoms with van der Waals surface area (Å²) < 4.78 is 5.19. The molecule has 1 heterocycles. The number of ether oxygens (including phenoxy) is 1. The predicted molar refractivity (Wildman–Crippen MR) is 105 cm³/mol. The van der Waals surface area contributed by atoms with Crippen LogP contribution in [0.15, 0.2) is 48.5 Å². The molecule has 2 aromatic rings. The molecule has 5 nitrogen and oxygen atoms in total. The van der Waals surface area contributed by atoms with E-state index in [1.54, 1.807) is 19.2 Å². The van der Waals surface area contributed by atoms with Gasteiger partial charge in [-0.25, -0.2) is 0 Å². The number of hydrogen-bond donors (Lipinski definition) is 1. The van der Waals surface area contributed by atoms with Gasteiger partial charge in [-0.15, -0.1) is 0 Å². The lowest BCUT2D eigenvalue weighted by molar-refractivity contribution is -0.126. The fraction of sp³-hybridized carbons (Fsp3) is 0.364. The third-order valence-electron chi connectivity index (χ3n) is 5.18. The van der Waals surface area contributed by atoms with Gasteiger partial charge in [-0.05, 0) is 49.1 Å². The molecule has 0 aliphatic carbocycles. The first-order chi connectivity index (χ1) is 13.1.